The molecular formula is C13H19N. The third-order valence-electron chi connectivity index (χ3n) is 3.04. The molecule has 2 rings (SSSR count). The zero-order valence-corrected chi connectivity index (χ0v) is 9.09. The number of rotatable bonds is 2. The van der Waals surface area contributed by atoms with Gasteiger partial charge in [0.1, 0.15) is 0 Å². The summed E-state index contributed by atoms with van der Waals surface area (Å²) in [7, 11) is 0. The van der Waals surface area contributed by atoms with Gasteiger partial charge < -0.3 is 5.73 Å². The highest BCUT2D eigenvalue weighted by Crippen LogP contribution is 2.32. The predicted octanol–water partition coefficient (Wildman–Crippen LogP) is 2.83. The monoisotopic (exact) mass is 189 g/mol. The number of hydrogen-bond acceptors (Lipinski definition) is 1. The SMILES string of the molecule is CC(C)Cc1cccc2c1CCC2N. The van der Waals surface area contributed by atoms with Crippen LogP contribution in [0, 0.1) is 5.92 Å². The largest absolute Gasteiger partial charge is 0.324 e. The first-order chi connectivity index (χ1) is 6.68. The topological polar surface area (TPSA) is 26.0 Å². The van der Waals surface area contributed by atoms with Gasteiger partial charge in [0.15, 0.2) is 0 Å². The molecule has 0 aliphatic heterocycles. The van der Waals surface area contributed by atoms with Crippen LogP contribution in [-0.4, -0.2) is 0 Å². The second-order valence-corrected chi connectivity index (χ2v) is 4.73. The lowest BCUT2D eigenvalue weighted by Crippen LogP contribution is -2.05. The van der Waals surface area contributed by atoms with Crippen LogP contribution in [0.1, 0.15) is 43.0 Å². The maximum Gasteiger partial charge on any atom is 0.0300 e. The fraction of sp³-hybridized carbons (Fsp3) is 0.538. The second-order valence-electron chi connectivity index (χ2n) is 4.73. The minimum Gasteiger partial charge on any atom is -0.324 e. The Morgan fingerprint density at radius 2 is 2.21 bits per heavy atom. The van der Waals surface area contributed by atoms with Gasteiger partial charge in [0.05, 0.1) is 0 Å². The predicted molar refractivity (Wildman–Crippen MR) is 60.2 cm³/mol. The van der Waals surface area contributed by atoms with Crippen LogP contribution in [0.4, 0.5) is 0 Å². The van der Waals surface area contributed by atoms with Crippen LogP contribution in [0.3, 0.4) is 0 Å². The highest BCUT2D eigenvalue weighted by Gasteiger charge is 2.21. The van der Waals surface area contributed by atoms with E-state index in [2.05, 4.69) is 32.0 Å². The molecular weight excluding hydrogens is 170 g/mol. The first-order valence-corrected chi connectivity index (χ1v) is 5.54. The van der Waals surface area contributed by atoms with Crippen LogP contribution in [0.2, 0.25) is 0 Å². The van der Waals surface area contributed by atoms with Crippen molar-refractivity contribution in [1.82, 2.24) is 0 Å². The molecule has 1 aromatic rings. The molecule has 14 heavy (non-hydrogen) atoms. The number of nitrogens with two attached hydrogens (primary N) is 1. The van der Waals surface area contributed by atoms with Crippen LogP contribution < -0.4 is 5.73 Å². The molecule has 0 aromatic heterocycles. The normalized spacial score (nSPS) is 20.1. The molecule has 0 heterocycles. The first-order valence-electron chi connectivity index (χ1n) is 5.54. The molecule has 1 aliphatic carbocycles. The summed E-state index contributed by atoms with van der Waals surface area (Å²) >= 11 is 0. The van der Waals surface area contributed by atoms with E-state index in [1.54, 1.807) is 0 Å². The molecule has 1 atom stereocenters. The second kappa shape index (κ2) is 3.74. The van der Waals surface area contributed by atoms with E-state index < -0.39 is 0 Å². The molecule has 0 radical (unpaired) electrons. The van der Waals surface area contributed by atoms with Crippen molar-refractivity contribution < 1.29 is 0 Å². The fourth-order valence-corrected chi connectivity index (χ4v) is 2.39. The van der Waals surface area contributed by atoms with Gasteiger partial charge in [-0.2, -0.15) is 0 Å². The van der Waals surface area contributed by atoms with Crippen molar-refractivity contribution in [2.24, 2.45) is 11.7 Å². The molecule has 0 spiro atoms. The molecule has 0 saturated carbocycles. The summed E-state index contributed by atoms with van der Waals surface area (Å²) in [6.45, 7) is 4.54. The molecule has 2 N–H and O–H groups in total. The Morgan fingerprint density at radius 3 is 2.93 bits per heavy atom. The van der Waals surface area contributed by atoms with Gasteiger partial charge in [-0.25, -0.2) is 0 Å². The Hall–Kier alpha value is -0.820. The number of hydrogen-bond donors (Lipinski definition) is 1. The van der Waals surface area contributed by atoms with Gasteiger partial charge in [-0.15, -0.1) is 0 Å². The summed E-state index contributed by atoms with van der Waals surface area (Å²) in [5.41, 5.74) is 10.5. The Kier molecular flexibility index (Phi) is 2.60. The van der Waals surface area contributed by atoms with E-state index in [-0.39, 0.29) is 6.04 Å². The van der Waals surface area contributed by atoms with Gasteiger partial charge in [0.25, 0.3) is 0 Å². The smallest absolute Gasteiger partial charge is 0.0300 e. The summed E-state index contributed by atoms with van der Waals surface area (Å²) in [6, 6.07) is 6.90. The average molecular weight is 189 g/mol. The zero-order chi connectivity index (χ0) is 10.1. The maximum absolute atomic E-state index is 6.05. The number of benzene rings is 1. The van der Waals surface area contributed by atoms with Crippen molar-refractivity contribution in [2.45, 2.75) is 39.2 Å². The van der Waals surface area contributed by atoms with E-state index in [0.717, 1.165) is 12.3 Å². The third kappa shape index (κ3) is 1.69. The molecule has 1 nitrogen and oxygen atoms in total. The molecule has 0 bridgehead atoms. The van der Waals surface area contributed by atoms with Crippen molar-refractivity contribution in [3.63, 3.8) is 0 Å². The van der Waals surface area contributed by atoms with Gasteiger partial charge in [-0.1, -0.05) is 32.0 Å². The summed E-state index contributed by atoms with van der Waals surface area (Å²) in [4.78, 5) is 0. The number of fused-ring (bicyclic) bond motifs is 1. The van der Waals surface area contributed by atoms with Crippen molar-refractivity contribution in [1.29, 1.82) is 0 Å². The van der Waals surface area contributed by atoms with Crippen molar-refractivity contribution in [3.8, 4) is 0 Å². The van der Waals surface area contributed by atoms with Gasteiger partial charge >= 0.3 is 0 Å². The molecule has 0 amide bonds. The Morgan fingerprint density at radius 1 is 1.43 bits per heavy atom. The summed E-state index contributed by atoms with van der Waals surface area (Å²) < 4.78 is 0. The van der Waals surface area contributed by atoms with Crippen molar-refractivity contribution >= 4 is 0 Å². The highest BCUT2D eigenvalue weighted by atomic mass is 14.6. The zero-order valence-electron chi connectivity index (χ0n) is 9.09. The summed E-state index contributed by atoms with van der Waals surface area (Å²) in [6.07, 6.45) is 3.50. The van der Waals surface area contributed by atoms with Gasteiger partial charge in [0.2, 0.25) is 0 Å². The van der Waals surface area contributed by atoms with Crippen LogP contribution >= 0.6 is 0 Å². The van der Waals surface area contributed by atoms with Gasteiger partial charge in [-0.05, 0) is 41.9 Å². The van der Waals surface area contributed by atoms with Gasteiger partial charge in [-0.3, -0.25) is 0 Å². The van der Waals surface area contributed by atoms with E-state index in [9.17, 15) is 0 Å². The molecule has 1 aromatic carbocycles. The van der Waals surface area contributed by atoms with Crippen molar-refractivity contribution in [2.75, 3.05) is 0 Å². The lowest BCUT2D eigenvalue weighted by Gasteiger charge is -2.11. The first kappa shape index (κ1) is 9.72. The Bertz CT molecular complexity index is 328. The van der Waals surface area contributed by atoms with E-state index in [0.29, 0.717) is 0 Å². The Labute approximate surface area is 86.3 Å². The lowest BCUT2D eigenvalue weighted by molar-refractivity contribution is 0.643. The van der Waals surface area contributed by atoms with Crippen LogP contribution in [0.5, 0.6) is 0 Å². The van der Waals surface area contributed by atoms with Crippen LogP contribution in [-0.2, 0) is 12.8 Å². The quantitative estimate of drug-likeness (QED) is 0.760. The van der Waals surface area contributed by atoms with Crippen LogP contribution in [0.15, 0.2) is 18.2 Å². The maximum atomic E-state index is 6.05. The lowest BCUT2D eigenvalue weighted by atomic mass is 9.95. The standard InChI is InChI=1S/C13H19N/c1-9(2)8-10-4-3-5-12-11(10)6-7-13(12)14/h3-5,9,13H,6-8,14H2,1-2H3. The molecule has 1 heteroatoms. The highest BCUT2D eigenvalue weighted by molar-refractivity contribution is 5.40. The average Bonchev–Trinajstić information content (AvgIpc) is 2.49. The van der Waals surface area contributed by atoms with Gasteiger partial charge in [0, 0.05) is 6.04 Å². The third-order valence-corrected chi connectivity index (χ3v) is 3.04. The molecule has 1 aliphatic rings. The minimum atomic E-state index is 0.289. The van der Waals surface area contributed by atoms with E-state index in [4.69, 9.17) is 5.73 Å². The fourth-order valence-electron chi connectivity index (χ4n) is 2.39. The molecule has 1 unspecified atom stereocenters. The molecule has 0 saturated heterocycles. The van der Waals surface area contributed by atoms with Crippen molar-refractivity contribution in [3.05, 3.63) is 34.9 Å². The summed E-state index contributed by atoms with van der Waals surface area (Å²) in [5, 5.41) is 0. The Balaban J connectivity index is 2.34. The molecule has 76 valence electrons. The van der Waals surface area contributed by atoms with E-state index in [1.165, 1.54) is 29.5 Å². The molecule has 0 fully saturated rings. The van der Waals surface area contributed by atoms with E-state index in [1.807, 2.05) is 0 Å². The van der Waals surface area contributed by atoms with Crippen LogP contribution in [0.25, 0.3) is 0 Å². The summed E-state index contributed by atoms with van der Waals surface area (Å²) in [5.74, 6) is 0.735. The van der Waals surface area contributed by atoms with E-state index >= 15 is 0 Å². The minimum absolute atomic E-state index is 0.289.